The molecular weight excluding hydrogens is 378 g/mol. The molecule has 0 radical (unpaired) electrons. The number of benzene rings is 1. The summed E-state index contributed by atoms with van der Waals surface area (Å²) in [5, 5.41) is 5.16. The first-order valence-electron chi connectivity index (χ1n) is 8.92. The molecule has 2 aromatic heterocycles. The van der Waals surface area contributed by atoms with Crippen LogP contribution in [0.25, 0.3) is 10.9 Å². The van der Waals surface area contributed by atoms with Crippen LogP contribution < -0.4 is 0 Å². The molecule has 0 unspecified atom stereocenters. The van der Waals surface area contributed by atoms with E-state index < -0.39 is 10.0 Å². The minimum absolute atomic E-state index is 0.181. The molecule has 1 fully saturated rings. The highest BCUT2D eigenvalue weighted by Crippen LogP contribution is 2.25. The van der Waals surface area contributed by atoms with E-state index in [-0.39, 0.29) is 18.5 Å². The van der Waals surface area contributed by atoms with Gasteiger partial charge in [-0.3, -0.25) is 14.5 Å². The zero-order valence-electron chi connectivity index (χ0n) is 15.7. The number of rotatable bonds is 5. The number of para-hydroxylation sites is 1. The third-order valence-corrected chi connectivity index (χ3v) is 6.27. The molecule has 0 saturated carbocycles. The van der Waals surface area contributed by atoms with Crippen molar-refractivity contribution < 1.29 is 13.2 Å². The molecule has 0 spiro atoms. The summed E-state index contributed by atoms with van der Waals surface area (Å²) in [5.74, 6) is -0.181. The summed E-state index contributed by atoms with van der Waals surface area (Å²) in [4.78, 5) is 18.7. The van der Waals surface area contributed by atoms with Crippen molar-refractivity contribution in [3.8, 4) is 0 Å². The summed E-state index contributed by atoms with van der Waals surface area (Å²) < 4.78 is 27.6. The number of carbonyl (C=O) groups excluding carboxylic acids is 1. The second-order valence-corrected chi connectivity index (χ2v) is 8.92. The Morgan fingerprint density at radius 3 is 2.57 bits per heavy atom. The monoisotopic (exact) mass is 399 g/mol. The molecule has 1 saturated heterocycles. The number of amides is 1. The second kappa shape index (κ2) is 6.99. The van der Waals surface area contributed by atoms with Gasteiger partial charge in [-0.05, 0) is 18.2 Å². The summed E-state index contributed by atoms with van der Waals surface area (Å²) in [7, 11) is -1.63. The first kappa shape index (κ1) is 18.6. The van der Waals surface area contributed by atoms with Crippen molar-refractivity contribution in [3.05, 3.63) is 60.0 Å². The molecule has 0 aliphatic carbocycles. The Labute approximate surface area is 163 Å². The van der Waals surface area contributed by atoms with E-state index >= 15 is 0 Å². The zero-order valence-corrected chi connectivity index (χ0v) is 16.5. The summed E-state index contributed by atoms with van der Waals surface area (Å²) in [6.07, 6.45) is 2.82. The van der Waals surface area contributed by atoms with Gasteiger partial charge < -0.3 is 4.90 Å². The van der Waals surface area contributed by atoms with Crippen LogP contribution in [0.2, 0.25) is 0 Å². The SMILES string of the molecule is Cn1nc(C(=O)N2CC(N(Cc3ccccn3)S(C)(=O)=O)C2)c2ccccc21. The number of sulfonamides is 1. The predicted octanol–water partition coefficient (Wildman–Crippen LogP) is 1.25. The molecule has 1 aliphatic heterocycles. The summed E-state index contributed by atoms with van der Waals surface area (Å²) >= 11 is 0. The van der Waals surface area contributed by atoms with E-state index in [2.05, 4.69) is 10.1 Å². The van der Waals surface area contributed by atoms with Crippen molar-refractivity contribution in [2.75, 3.05) is 19.3 Å². The van der Waals surface area contributed by atoms with Gasteiger partial charge in [0.15, 0.2) is 5.69 Å². The van der Waals surface area contributed by atoms with Crippen molar-refractivity contribution in [2.45, 2.75) is 12.6 Å². The zero-order chi connectivity index (χ0) is 19.9. The van der Waals surface area contributed by atoms with E-state index in [1.165, 1.54) is 10.6 Å². The highest BCUT2D eigenvalue weighted by Gasteiger charge is 2.40. The number of carbonyl (C=O) groups is 1. The third kappa shape index (κ3) is 3.38. The fourth-order valence-corrected chi connectivity index (χ4v) is 4.53. The van der Waals surface area contributed by atoms with Crippen LogP contribution in [-0.2, 0) is 23.6 Å². The summed E-state index contributed by atoms with van der Waals surface area (Å²) in [6, 6.07) is 12.7. The van der Waals surface area contributed by atoms with Gasteiger partial charge in [0.25, 0.3) is 5.91 Å². The molecule has 1 aliphatic rings. The minimum Gasteiger partial charge on any atom is -0.334 e. The molecule has 8 nitrogen and oxygen atoms in total. The lowest BCUT2D eigenvalue weighted by Crippen LogP contribution is -2.61. The van der Waals surface area contributed by atoms with Crippen LogP contribution in [0.15, 0.2) is 48.7 Å². The number of aromatic nitrogens is 3. The maximum absolute atomic E-state index is 12.9. The van der Waals surface area contributed by atoms with Crippen molar-refractivity contribution in [1.29, 1.82) is 0 Å². The number of hydrogen-bond donors (Lipinski definition) is 0. The number of hydrogen-bond acceptors (Lipinski definition) is 5. The van der Waals surface area contributed by atoms with Crippen molar-refractivity contribution in [2.24, 2.45) is 7.05 Å². The van der Waals surface area contributed by atoms with Gasteiger partial charge in [0.05, 0.1) is 30.1 Å². The lowest BCUT2D eigenvalue weighted by Gasteiger charge is -2.43. The first-order valence-corrected chi connectivity index (χ1v) is 10.8. The number of nitrogens with zero attached hydrogens (tertiary/aromatic N) is 5. The lowest BCUT2D eigenvalue weighted by atomic mass is 10.1. The average molecular weight is 399 g/mol. The second-order valence-electron chi connectivity index (χ2n) is 6.98. The van der Waals surface area contributed by atoms with Gasteiger partial charge in [0, 0.05) is 31.7 Å². The molecule has 3 heterocycles. The summed E-state index contributed by atoms with van der Waals surface area (Å²) in [5.41, 5.74) is 1.96. The molecule has 4 rings (SSSR count). The third-order valence-electron chi connectivity index (χ3n) is 4.99. The highest BCUT2D eigenvalue weighted by atomic mass is 32.2. The van der Waals surface area contributed by atoms with Gasteiger partial charge in [-0.25, -0.2) is 8.42 Å². The average Bonchev–Trinajstić information content (AvgIpc) is 2.97. The minimum atomic E-state index is -3.43. The molecule has 146 valence electrons. The fourth-order valence-electron chi connectivity index (χ4n) is 3.49. The van der Waals surface area contributed by atoms with Crippen LogP contribution in [0, 0.1) is 0 Å². The van der Waals surface area contributed by atoms with Crippen molar-refractivity contribution >= 4 is 26.8 Å². The standard InChI is InChI=1S/C19H21N5O3S/c1-22-17-9-4-3-8-16(17)18(21-22)19(25)23-12-15(13-23)24(28(2,26)27)11-14-7-5-6-10-20-14/h3-10,15H,11-13H2,1-2H3. The van der Waals surface area contributed by atoms with E-state index in [4.69, 9.17) is 0 Å². The van der Waals surface area contributed by atoms with Crippen LogP contribution in [0.4, 0.5) is 0 Å². The van der Waals surface area contributed by atoms with Crippen LogP contribution in [0.5, 0.6) is 0 Å². The van der Waals surface area contributed by atoms with Gasteiger partial charge in [-0.15, -0.1) is 0 Å². The van der Waals surface area contributed by atoms with Crippen molar-refractivity contribution in [3.63, 3.8) is 0 Å². The van der Waals surface area contributed by atoms with E-state index in [1.54, 1.807) is 35.0 Å². The molecule has 1 amide bonds. The molecule has 28 heavy (non-hydrogen) atoms. The predicted molar refractivity (Wildman–Crippen MR) is 105 cm³/mol. The van der Waals surface area contributed by atoms with Gasteiger partial charge in [0.1, 0.15) is 0 Å². The van der Waals surface area contributed by atoms with E-state index in [1.807, 2.05) is 30.3 Å². The van der Waals surface area contributed by atoms with Crippen molar-refractivity contribution in [1.82, 2.24) is 24.0 Å². The van der Waals surface area contributed by atoms with Crippen LogP contribution in [0.3, 0.4) is 0 Å². The Morgan fingerprint density at radius 2 is 1.89 bits per heavy atom. The molecular formula is C19H21N5O3S. The van der Waals surface area contributed by atoms with E-state index in [9.17, 15) is 13.2 Å². The van der Waals surface area contributed by atoms with Gasteiger partial charge in [-0.1, -0.05) is 24.3 Å². The largest absolute Gasteiger partial charge is 0.334 e. The maximum Gasteiger partial charge on any atom is 0.275 e. The number of aryl methyl sites for hydroxylation is 1. The molecule has 0 bridgehead atoms. The molecule has 1 aromatic carbocycles. The van der Waals surface area contributed by atoms with E-state index in [0.717, 1.165) is 10.9 Å². The number of likely N-dealkylation sites (tertiary alicyclic amines) is 1. The molecule has 0 N–H and O–H groups in total. The lowest BCUT2D eigenvalue weighted by molar-refractivity contribution is 0.0438. The smallest absolute Gasteiger partial charge is 0.275 e. The summed E-state index contributed by atoms with van der Waals surface area (Å²) in [6.45, 7) is 0.867. The molecule has 0 atom stereocenters. The first-order chi connectivity index (χ1) is 13.3. The normalized spacial score (nSPS) is 15.2. The quantitative estimate of drug-likeness (QED) is 0.644. The van der Waals surface area contributed by atoms with Gasteiger partial charge in [-0.2, -0.15) is 9.40 Å². The van der Waals surface area contributed by atoms with E-state index in [0.29, 0.717) is 24.5 Å². The van der Waals surface area contributed by atoms with Crippen LogP contribution in [0.1, 0.15) is 16.2 Å². The molecule has 9 heteroatoms. The Hall–Kier alpha value is -2.78. The van der Waals surface area contributed by atoms with Crippen LogP contribution >= 0.6 is 0 Å². The molecule has 3 aromatic rings. The number of fused-ring (bicyclic) bond motifs is 1. The van der Waals surface area contributed by atoms with Crippen LogP contribution in [-0.4, -0.2) is 63.7 Å². The Morgan fingerprint density at radius 1 is 1.18 bits per heavy atom. The Bertz CT molecular complexity index is 1120. The topological polar surface area (TPSA) is 88.4 Å². The Balaban J connectivity index is 1.51. The maximum atomic E-state index is 12.9. The fraction of sp³-hybridized carbons (Fsp3) is 0.316. The van der Waals surface area contributed by atoms with Gasteiger partial charge in [0.2, 0.25) is 10.0 Å². The van der Waals surface area contributed by atoms with Gasteiger partial charge >= 0.3 is 0 Å². The Kier molecular flexibility index (Phi) is 4.64. The highest BCUT2D eigenvalue weighted by molar-refractivity contribution is 7.88. The number of pyridine rings is 1.